The Labute approximate surface area is 153 Å². The third kappa shape index (κ3) is 3.37. The molecule has 0 unspecified atom stereocenters. The Morgan fingerprint density at radius 1 is 1.27 bits per heavy atom. The first-order valence-electron chi connectivity index (χ1n) is 8.55. The van der Waals surface area contributed by atoms with Crippen LogP contribution >= 0.6 is 0 Å². The Kier molecular flexibility index (Phi) is 5.13. The monoisotopic (exact) mass is 374 g/mol. The van der Waals surface area contributed by atoms with E-state index >= 15 is 0 Å². The highest BCUT2D eigenvalue weighted by Crippen LogP contribution is 2.27. The molecule has 1 amide bonds. The van der Waals surface area contributed by atoms with Crippen molar-refractivity contribution in [1.29, 1.82) is 0 Å². The summed E-state index contributed by atoms with van der Waals surface area (Å²) in [6.45, 7) is 2.77. The zero-order valence-electron chi connectivity index (χ0n) is 14.6. The molecule has 1 aromatic heterocycles. The number of amides is 1. The fourth-order valence-electron chi connectivity index (χ4n) is 3.24. The molecule has 8 heteroatoms. The molecule has 26 heavy (non-hydrogen) atoms. The second-order valence-corrected chi connectivity index (χ2v) is 7.97. The Morgan fingerprint density at radius 3 is 2.58 bits per heavy atom. The largest absolute Gasteiger partial charge is 0.368 e. The number of nitrogens with zero attached hydrogens (tertiary/aromatic N) is 3. The molecule has 0 spiro atoms. The van der Waals surface area contributed by atoms with Gasteiger partial charge < -0.3 is 10.6 Å². The lowest BCUT2D eigenvalue weighted by atomic mass is 10.2. The maximum absolute atomic E-state index is 13.0. The van der Waals surface area contributed by atoms with Crippen molar-refractivity contribution in [2.24, 2.45) is 5.73 Å². The van der Waals surface area contributed by atoms with Crippen molar-refractivity contribution in [3.8, 4) is 0 Å². The van der Waals surface area contributed by atoms with E-state index in [1.165, 1.54) is 16.6 Å². The summed E-state index contributed by atoms with van der Waals surface area (Å²) >= 11 is 0. The highest BCUT2D eigenvalue weighted by molar-refractivity contribution is 7.92. The predicted molar refractivity (Wildman–Crippen MR) is 100 cm³/mol. The molecular formula is C18H22N4O3S. The number of primary amides is 1. The summed E-state index contributed by atoms with van der Waals surface area (Å²) in [7, 11) is -3.71. The second-order valence-electron chi connectivity index (χ2n) is 6.11. The minimum Gasteiger partial charge on any atom is -0.368 e. The minimum atomic E-state index is -3.71. The molecule has 0 radical (unpaired) electrons. The highest BCUT2D eigenvalue weighted by atomic mass is 32.2. The third-order valence-electron chi connectivity index (χ3n) is 4.52. The van der Waals surface area contributed by atoms with Crippen LogP contribution in [0.2, 0.25) is 0 Å². The van der Waals surface area contributed by atoms with Gasteiger partial charge in [-0.25, -0.2) is 13.4 Å². The fraction of sp³-hybridized carbons (Fsp3) is 0.333. The summed E-state index contributed by atoms with van der Waals surface area (Å²) in [4.78, 5) is 17.8. The van der Waals surface area contributed by atoms with Gasteiger partial charge in [-0.15, -0.1) is 0 Å². The number of benzene rings is 1. The Bertz CT molecular complexity index is 869. The van der Waals surface area contributed by atoms with Gasteiger partial charge in [0, 0.05) is 19.3 Å². The summed E-state index contributed by atoms with van der Waals surface area (Å²) in [5.41, 5.74) is 6.04. The smallest absolute Gasteiger partial charge is 0.265 e. The first kappa shape index (κ1) is 18.2. The van der Waals surface area contributed by atoms with Crippen LogP contribution in [0.1, 0.15) is 19.8 Å². The number of para-hydroxylation sites is 1. The van der Waals surface area contributed by atoms with Gasteiger partial charge >= 0.3 is 0 Å². The van der Waals surface area contributed by atoms with Crippen LogP contribution in [-0.2, 0) is 14.8 Å². The van der Waals surface area contributed by atoms with E-state index in [0.29, 0.717) is 31.0 Å². The lowest BCUT2D eigenvalue weighted by molar-refractivity contribution is -0.119. The van der Waals surface area contributed by atoms with Crippen molar-refractivity contribution in [3.05, 3.63) is 48.7 Å². The fourth-order valence-corrected chi connectivity index (χ4v) is 4.66. The van der Waals surface area contributed by atoms with Crippen molar-refractivity contribution < 1.29 is 13.2 Å². The molecule has 1 aliphatic heterocycles. The molecule has 1 atom stereocenters. The Morgan fingerprint density at radius 2 is 2.00 bits per heavy atom. The topological polar surface area (TPSA) is 96.6 Å². The molecule has 3 rings (SSSR count). The number of aromatic nitrogens is 1. The van der Waals surface area contributed by atoms with Crippen molar-refractivity contribution in [1.82, 2.24) is 4.98 Å². The minimum absolute atomic E-state index is 0.113. The molecule has 1 aliphatic rings. The van der Waals surface area contributed by atoms with Crippen LogP contribution in [0.5, 0.6) is 0 Å². The average Bonchev–Trinajstić information content (AvgIpc) is 3.13. The lowest BCUT2D eigenvalue weighted by Gasteiger charge is -2.25. The van der Waals surface area contributed by atoms with Crippen LogP contribution < -0.4 is 14.9 Å². The van der Waals surface area contributed by atoms with Crippen LogP contribution in [-0.4, -0.2) is 38.4 Å². The summed E-state index contributed by atoms with van der Waals surface area (Å²) in [5, 5.41) is 0. The van der Waals surface area contributed by atoms with Crippen molar-refractivity contribution >= 4 is 27.4 Å². The molecule has 1 aromatic carbocycles. The van der Waals surface area contributed by atoms with E-state index < -0.39 is 10.0 Å². The second kappa shape index (κ2) is 7.33. The molecule has 0 bridgehead atoms. The zero-order valence-corrected chi connectivity index (χ0v) is 15.4. The molecule has 2 aromatic rings. The number of nitrogens with two attached hydrogens (primary N) is 1. The number of carbonyl (C=O) groups excluding carboxylic acids is 1. The first-order valence-corrected chi connectivity index (χ1v) is 9.99. The lowest BCUT2D eigenvalue weighted by Crippen LogP contribution is -2.40. The Balaban J connectivity index is 1.89. The quantitative estimate of drug-likeness (QED) is 0.831. The van der Waals surface area contributed by atoms with E-state index in [-0.39, 0.29) is 16.8 Å². The third-order valence-corrected chi connectivity index (χ3v) is 6.40. The van der Waals surface area contributed by atoms with Gasteiger partial charge in [0.15, 0.2) is 0 Å². The molecule has 2 N–H and O–H groups in total. The SMILES string of the molecule is CCN(c1ccccc1)S(=O)(=O)c1ccc(N2CCC[C@@H]2C(N)=O)nc1. The van der Waals surface area contributed by atoms with E-state index in [2.05, 4.69) is 4.98 Å². The number of sulfonamides is 1. The van der Waals surface area contributed by atoms with Gasteiger partial charge in [-0.3, -0.25) is 9.10 Å². The van der Waals surface area contributed by atoms with E-state index in [4.69, 9.17) is 5.73 Å². The van der Waals surface area contributed by atoms with Crippen LogP contribution in [0.4, 0.5) is 11.5 Å². The summed E-state index contributed by atoms with van der Waals surface area (Å²) in [6.07, 6.45) is 2.88. The maximum atomic E-state index is 13.0. The molecule has 7 nitrogen and oxygen atoms in total. The molecule has 0 saturated carbocycles. The number of hydrogen-bond donors (Lipinski definition) is 1. The Hall–Kier alpha value is -2.61. The first-order chi connectivity index (χ1) is 12.4. The van der Waals surface area contributed by atoms with E-state index in [0.717, 1.165) is 6.42 Å². The summed E-state index contributed by atoms with van der Waals surface area (Å²) in [6, 6.07) is 11.7. The number of pyridine rings is 1. The van der Waals surface area contributed by atoms with Crippen molar-refractivity contribution in [2.45, 2.75) is 30.7 Å². The molecule has 1 saturated heterocycles. The predicted octanol–water partition coefficient (Wildman–Crippen LogP) is 1.75. The molecule has 1 fully saturated rings. The standard InChI is InChI=1S/C18H22N4O3S/c1-2-22(14-7-4-3-5-8-14)26(24,25)15-10-11-17(20-13-15)21-12-6-9-16(21)18(19)23/h3-5,7-8,10-11,13,16H,2,6,9,12H2,1H3,(H2,19,23)/t16-/m1/s1. The average molecular weight is 374 g/mol. The summed E-state index contributed by atoms with van der Waals surface area (Å²) in [5.74, 6) is 0.176. The maximum Gasteiger partial charge on any atom is 0.265 e. The van der Waals surface area contributed by atoms with Gasteiger partial charge in [-0.1, -0.05) is 18.2 Å². The van der Waals surface area contributed by atoms with Crippen LogP contribution in [0, 0.1) is 0 Å². The van der Waals surface area contributed by atoms with Crippen molar-refractivity contribution in [3.63, 3.8) is 0 Å². The van der Waals surface area contributed by atoms with Gasteiger partial charge in [0.05, 0.1) is 5.69 Å². The zero-order chi connectivity index (χ0) is 18.7. The van der Waals surface area contributed by atoms with Gasteiger partial charge in [0.25, 0.3) is 10.0 Å². The van der Waals surface area contributed by atoms with Gasteiger partial charge in [0.2, 0.25) is 5.91 Å². The molecular weight excluding hydrogens is 352 g/mol. The number of hydrogen-bond acceptors (Lipinski definition) is 5. The van der Waals surface area contributed by atoms with Gasteiger partial charge in [0.1, 0.15) is 16.8 Å². The molecule has 138 valence electrons. The number of anilines is 2. The normalized spacial score (nSPS) is 17.3. The molecule has 0 aliphatic carbocycles. The van der Waals surface area contributed by atoms with E-state index in [1.54, 1.807) is 37.3 Å². The number of carbonyl (C=O) groups is 1. The van der Waals surface area contributed by atoms with Crippen LogP contribution in [0.15, 0.2) is 53.6 Å². The van der Waals surface area contributed by atoms with Gasteiger partial charge in [-0.2, -0.15) is 0 Å². The molecule has 2 heterocycles. The highest BCUT2D eigenvalue weighted by Gasteiger charge is 2.30. The van der Waals surface area contributed by atoms with E-state index in [1.807, 2.05) is 11.0 Å². The van der Waals surface area contributed by atoms with Crippen LogP contribution in [0.3, 0.4) is 0 Å². The van der Waals surface area contributed by atoms with Crippen LogP contribution in [0.25, 0.3) is 0 Å². The van der Waals surface area contributed by atoms with E-state index in [9.17, 15) is 13.2 Å². The summed E-state index contributed by atoms with van der Waals surface area (Å²) < 4.78 is 27.3. The van der Waals surface area contributed by atoms with Crippen molar-refractivity contribution in [2.75, 3.05) is 22.3 Å². The number of rotatable bonds is 6. The van der Waals surface area contributed by atoms with Gasteiger partial charge in [-0.05, 0) is 44.0 Å².